The molecule has 7 heteroatoms. The van der Waals surface area contributed by atoms with Crippen molar-refractivity contribution >= 4 is 28.4 Å². The predicted octanol–water partition coefficient (Wildman–Crippen LogP) is 1.25. The van der Waals surface area contributed by atoms with Gasteiger partial charge in [0.15, 0.2) is 0 Å². The number of nitrogens with one attached hydrogen (secondary N) is 1. The van der Waals surface area contributed by atoms with Crippen LogP contribution < -0.4 is 10.2 Å². The number of nitrogens with zero attached hydrogens (tertiary/aromatic N) is 2. The number of piperidine rings is 1. The minimum Gasteiger partial charge on any atom is -0.478 e. The van der Waals surface area contributed by atoms with Crippen LogP contribution in [0.15, 0.2) is 0 Å². The highest BCUT2D eigenvalue weighted by Crippen LogP contribution is 2.28. The molecule has 2 N–H and O–H groups in total. The topological polar surface area (TPSA) is 82.5 Å². The Morgan fingerprint density at radius 3 is 2.79 bits per heavy atom. The van der Waals surface area contributed by atoms with Gasteiger partial charge in [0.2, 0.25) is 5.91 Å². The van der Waals surface area contributed by atoms with Crippen LogP contribution in [0.4, 0.5) is 5.00 Å². The minimum atomic E-state index is -1.04. The number of likely N-dealkylation sites (N-methyl/N-ethyl adjacent to an activating group) is 1. The quantitative estimate of drug-likeness (QED) is 0.872. The summed E-state index contributed by atoms with van der Waals surface area (Å²) < 4.78 is 4.03. The summed E-state index contributed by atoms with van der Waals surface area (Å²) in [7, 11) is 1.61. The zero-order valence-electron chi connectivity index (χ0n) is 11.0. The predicted molar refractivity (Wildman–Crippen MR) is 72.9 cm³/mol. The number of carbonyl (C=O) groups is 2. The molecule has 1 amide bonds. The normalized spacial score (nSPS) is 19.2. The monoisotopic (exact) mass is 283 g/mol. The molecule has 6 nitrogen and oxygen atoms in total. The SMILES string of the molecule is Cc1nsc(N(C)C(=O)[C@@H]2CCCCN2)c1C(=O)O. The van der Waals surface area contributed by atoms with Gasteiger partial charge < -0.3 is 15.3 Å². The first-order valence-corrected chi connectivity index (χ1v) is 7.00. The van der Waals surface area contributed by atoms with Crippen LogP contribution in [-0.4, -0.2) is 41.0 Å². The van der Waals surface area contributed by atoms with Crippen LogP contribution in [0, 0.1) is 6.92 Å². The van der Waals surface area contributed by atoms with E-state index in [9.17, 15) is 14.7 Å². The van der Waals surface area contributed by atoms with Crippen LogP contribution in [0.3, 0.4) is 0 Å². The van der Waals surface area contributed by atoms with Gasteiger partial charge in [0.25, 0.3) is 0 Å². The smallest absolute Gasteiger partial charge is 0.340 e. The van der Waals surface area contributed by atoms with Crippen LogP contribution in [0.5, 0.6) is 0 Å². The molecule has 0 aromatic carbocycles. The van der Waals surface area contributed by atoms with E-state index >= 15 is 0 Å². The van der Waals surface area contributed by atoms with E-state index in [-0.39, 0.29) is 17.5 Å². The molecule has 0 unspecified atom stereocenters. The molecule has 0 aliphatic carbocycles. The molecule has 1 aromatic rings. The van der Waals surface area contributed by atoms with Crippen molar-refractivity contribution in [1.82, 2.24) is 9.69 Å². The van der Waals surface area contributed by atoms with Gasteiger partial charge in [0.1, 0.15) is 10.6 Å². The lowest BCUT2D eigenvalue weighted by molar-refractivity contribution is -0.120. The number of carbonyl (C=O) groups excluding carboxylic acids is 1. The Morgan fingerprint density at radius 1 is 1.47 bits per heavy atom. The fraction of sp³-hybridized carbons (Fsp3) is 0.583. The molecule has 104 valence electrons. The highest BCUT2D eigenvalue weighted by molar-refractivity contribution is 7.11. The molecule has 0 saturated carbocycles. The van der Waals surface area contributed by atoms with Crippen molar-refractivity contribution in [3.8, 4) is 0 Å². The molecule has 1 aliphatic heterocycles. The van der Waals surface area contributed by atoms with Crippen LogP contribution >= 0.6 is 11.5 Å². The standard InChI is InChI=1S/C12H17N3O3S/c1-7-9(12(17)18)11(19-14-7)15(2)10(16)8-5-3-4-6-13-8/h8,13H,3-6H2,1-2H3,(H,17,18)/t8-/m0/s1. The Kier molecular flexibility index (Phi) is 4.16. The molecule has 1 aliphatic rings. The summed E-state index contributed by atoms with van der Waals surface area (Å²) in [5.74, 6) is -1.14. The number of anilines is 1. The maximum Gasteiger partial charge on any atom is 0.340 e. The molecule has 1 saturated heterocycles. The van der Waals surface area contributed by atoms with E-state index in [0.29, 0.717) is 10.7 Å². The van der Waals surface area contributed by atoms with Crippen molar-refractivity contribution in [1.29, 1.82) is 0 Å². The van der Waals surface area contributed by atoms with Crippen LogP contribution in [0.1, 0.15) is 35.3 Å². The second kappa shape index (κ2) is 5.66. The number of carboxylic acids is 1. The van der Waals surface area contributed by atoms with Gasteiger partial charge >= 0.3 is 5.97 Å². The lowest BCUT2D eigenvalue weighted by Gasteiger charge is -2.26. The number of amides is 1. The van der Waals surface area contributed by atoms with E-state index in [1.54, 1.807) is 14.0 Å². The highest BCUT2D eigenvalue weighted by Gasteiger charge is 2.29. The molecule has 1 atom stereocenters. The molecular formula is C12H17N3O3S. The Balaban J connectivity index is 2.21. The molecule has 0 spiro atoms. The zero-order valence-corrected chi connectivity index (χ0v) is 11.8. The van der Waals surface area contributed by atoms with Crippen molar-refractivity contribution in [2.24, 2.45) is 0 Å². The second-order valence-corrected chi connectivity index (χ2v) is 5.40. The third-order valence-electron chi connectivity index (χ3n) is 3.30. The van der Waals surface area contributed by atoms with Gasteiger partial charge in [-0.2, -0.15) is 4.37 Å². The first-order chi connectivity index (χ1) is 9.02. The second-order valence-electron chi connectivity index (χ2n) is 4.65. The van der Waals surface area contributed by atoms with Crippen molar-refractivity contribution in [3.63, 3.8) is 0 Å². The van der Waals surface area contributed by atoms with E-state index in [0.717, 1.165) is 37.3 Å². The number of hydrogen-bond acceptors (Lipinski definition) is 5. The van der Waals surface area contributed by atoms with Gasteiger partial charge in [-0.1, -0.05) is 6.42 Å². The summed E-state index contributed by atoms with van der Waals surface area (Å²) in [5, 5.41) is 12.8. The van der Waals surface area contributed by atoms with Gasteiger partial charge in [-0.3, -0.25) is 4.79 Å². The molecule has 2 heterocycles. The van der Waals surface area contributed by atoms with E-state index in [4.69, 9.17) is 0 Å². The first-order valence-electron chi connectivity index (χ1n) is 6.23. The van der Waals surface area contributed by atoms with Crippen molar-refractivity contribution < 1.29 is 14.7 Å². The minimum absolute atomic E-state index is 0.0918. The molecule has 0 bridgehead atoms. The molecule has 0 radical (unpaired) electrons. The Bertz CT molecular complexity index is 494. The molecule has 2 rings (SSSR count). The summed E-state index contributed by atoms with van der Waals surface area (Å²) in [6.07, 6.45) is 2.89. The van der Waals surface area contributed by atoms with Gasteiger partial charge in [-0.15, -0.1) is 0 Å². The van der Waals surface area contributed by atoms with Gasteiger partial charge in [-0.05, 0) is 37.8 Å². The van der Waals surface area contributed by atoms with Crippen LogP contribution in [0.2, 0.25) is 0 Å². The maximum absolute atomic E-state index is 12.3. The number of rotatable bonds is 3. The summed E-state index contributed by atoms with van der Waals surface area (Å²) in [4.78, 5) is 25.0. The van der Waals surface area contributed by atoms with Crippen LogP contribution in [0.25, 0.3) is 0 Å². The summed E-state index contributed by atoms with van der Waals surface area (Å²) in [6.45, 7) is 2.47. The molecular weight excluding hydrogens is 266 g/mol. The number of carboxylic acid groups (broad SMARTS) is 1. The highest BCUT2D eigenvalue weighted by atomic mass is 32.1. The number of hydrogen-bond donors (Lipinski definition) is 2. The molecule has 1 aromatic heterocycles. The molecule has 1 fully saturated rings. The van der Waals surface area contributed by atoms with E-state index < -0.39 is 5.97 Å². The largest absolute Gasteiger partial charge is 0.478 e. The maximum atomic E-state index is 12.3. The van der Waals surface area contributed by atoms with Gasteiger partial charge in [0, 0.05) is 7.05 Å². The van der Waals surface area contributed by atoms with Gasteiger partial charge in [-0.25, -0.2) is 4.79 Å². The average Bonchev–Trinajstić information content (AvgIpc) is 2.80. The van der Waals surface area contributed by atoms with E-state index in [1.165, 1.54) is 4.90 Å². The fourth-order valence-corrected chi connectivity index (χ4v) is 3.08. The van der Waals surface area contributed by atoms with E-state index in [1.807, 2.05) is 0 Å². The Hall–Kier alpha value is -1.47. The summed E-state index contributed by atoms with van der Waals surface area (Å²) >= 11 is 1.05. The lowest BCUT2D eigenvalue weighted by Crippen LogP contribution is -2.47. The van der Waals surface area contributed by atoms with Crippen LogP contribution in [-0.2, 0) is 4.79 Å². The van der Waals surface area contributed by atoms with Gasteiger partial charge in [0.05, 0.1) is 11.7 Å². The van der Waals surface area contributed by atoms with E-state index in [2.05, 4.69) is 9.69 Å². The third-order valence-corrected chi connectivity index (χ3v) is 4.32. The number of aryl methyl sites for hydroxylation is 1. The number of aromatic nitrogens is 1. The Morgan fingerprint density at radius 2 is 2.21 bits per heavy atom. The van der Waals surface area contributed by atoms with Crippen molar-refractivity contribution in [2.75, 3.05) is 18.5 Å². The first kappa shape index (κ1) is 14.0. The third kappa shape index (κ3) is 2.76. The lowest BCUT2D eigenvalue weighted by atomic mass is 10.0. The zero-order chi connectivity index (χ0) is 14.0. The Labute approximate surface area is 115 Å². The molecule has 19 heavy (non-hydrogen) atoms. The van der Waals surface area contributed by atoms with Crippen molar-refractivity contribution in [3.05, 3.63) is 11.3 Å². The summed E-state index contributed by atoms with van der Waals surface area (Å²) in [6, 6.07) is -0.220. The summed E-state index contributed by atoms with van der Waals surface area (Å²) in [5.41, 5.74) is 0.570. The number of aromatic carboxylic acids is 1. The fourth-order valence-electron chi connectivity index (χ4n) is 2.23. The average molecular weight is 283 g/mol. The van der Waals surface area contributed by atoms with Crippen molar-refractivity contribution in [2.45, 2.75) is 32.2 Å².